The lowest BCUT2D eigenvalue weighted by Crippen LogP contribution is -1.91. The predicted molar refractivity (Wildman–Crippen MR) is 55.4 cm³/mol. The van der Waals surface area contributed by atoms with Gasteiger partial charge in [0.05, 0.1) is 0 Å². The lowest BCUT2D eigenvalue weighted by atomic mass is 10.2. The fourth-order valence-electron chi connectivity index (χ4n) is 1.21. The third-order valence-electron chi connectivity index (χ3n) is 1.92. The standard InChI is InChI=1S/C10H6N4O2/c11-14-12-10(15)8-6-9(16-13-8)7-4-2-1-3-5-7/h1-6H. The Morgan fingerprint density at radius 2 is 2.12 bits per heavy atom. The van der Waals surface area contributed by atoms with E-state index < -0.39 is 5.91 Å². The van der Waals surface area contributed by atoms with Crippen LogP contribution < -0.4 is 0 Å². The summed E-state index contributed by atoms with van der Waals surface area (Å²) in [6, 6.07) is 10.6. The number of amides is 1. The maximum absolute atomic E-state index is 11.1. The van der Waals surface area contributed by atoms with Crippen LogP contribution in [0.15, 0.2) is 46.0 Å². The van der Waals surface area contributed by atoms with Crippen molar-refractivity contribution in [2.45, 2.75) is 0 Å². The fraction of sp³-hybridized carbons (Fsp3) is 0. The summed E-state index contributed by atoms with van der Waals surface area (Å²) in [7, 11) is 0. The number of carbonyl (C=O) groups is 1. The highest BCUT2D eigenvalue weighted by Crippen LogP contribution is 2.19. The van der Waals surface area contributed by atoms with Gasteiger partial charge in [-0.2, -0.15) is 0 Å². The zero-order chi connectivity index (χ0) is 11.4. The first-order valence-electron chi connectivity index (χ1n) is 4.43. The van der Waals surface area contributed by atoms with Crippen LogP contribution in [0, 0.1) is 0 Å². The van der Waals surface area contributed by atoms with Crippen molar-refractivity contribution < 1.29 is 9.32 Å². The molecule has 6 heteroatoms. The largest absolute Gasteiger partial charge is 0.356 e. The molecule has 16 heavy (non-hydrogen) atoms. The SMILES string of the molecule is [N-]=[N+]=NC(=O)c1cc(-c2ccccc2)on1. The highest BCUT2D eigenvalue weighted by atomic mass is 16.5. The van der Waals surface area contributed by atoms with Crippen molar-refractivity contribution in [3.8, 4) is 11.3 Å². The van der Waals surface area contributed by atoms with E-state index in [9.17, 15) is 4.79 Å². The van der Waals surface area contributed by atoms with Crippen molar-refractivity contribution in [1.29, 1.82) is 0 Å². The zero-order valence-electron chi connectivity index (χ0n) is 8.07. The van der Waals surface area contributed by atoms with Gasteiger partial charge in [-0.1, -0.05) is 35.5 Å². The van der Waals surface area contributed by atoms with E-state index in [1.807, 2.05) is 30.3 Å². The van der Waals surface area contributed by atoms with Crippen LogP contribution >= 0.6 is 0 Å². The normalized spacial score (nSPS) is 9.50. The molecule has 0 aliphatic carbocycles. The minimum Gasteiger partial charge on any atom is -0.356 e. The average Bonchev–Trinajstić information content (AvgIpc) is 2.80. The molecule has 2 aromatic rings. The summed E-state index contributed by atoms with van der Waals surface area (Å²) >= 11 is 0. The first kappa shape index (κ1) is 9.95. The molecular formula is C10H6N4O2. The Balaban J connectivity index is 2.33. The van der Waals surface area contributed by atoms with Crippen LogP contribution in [-0.4, -0.2) is 11.1 Å². The molecule has 1 heterocycles. The van der Waals surface area contributed by atoms with Crippen molar-refractivity contribution >= 4 is 5.91 Å². The van der Waals surface area contributed by atoms with E-state index in [2.05, 4.69) is 15.2 Å². The number of hydrogen-bond donors (Lipinski definition) is 0. The van der Waals surface area contributed by atoms with Gasteiger partial charge in [-0.25, -0.2) is 0 Å². The van der Waals surface area contributed by atoms with Crippen LogP contribution in [0.3, 0.4) is 0 Å². The van der Waals surface area contributed by atoms with Crippen LogP contribution in [0.1, 0.15) is 10.5 Å². The van der Waals surface area contributed by atoms with Crippen LogP contribution in [0.4, 0.5) is 0 Å². The maximum atomic E-state index is 11.1. The molecule has 0 atom stereocenters. The fourth-order valence-corrected chi connectivity index (χ4v) is 1.21. The quantitative estimate of drug-likeness (QED) is 0.437. The molecule has 1 aromatic heterocycles. The molecule has 2 rings (SSSR count). The molecule has 1 amide bonds. The van der Waals surface area contributed by atoms with Crippen molar-refractivity contribution in [3.05, 3.63) is 52.5 Å². The Kier molecular flexibility index (Phi) is 2.67. The third kappa shape index (κ3) is 1.92. The van der Waals surface area contributed by atoms with Gasteiger partial charge in [-0.05, 0) is 10.6 Å². The molecule has 0 saturated heterocycles. The van der Waals surface area contributed by atoms with E-state index in [0.717, 1.165) is 5.56 Å². The summed E-state index contributed by atoms with van der Waals surface area (Å²) in [5.41, 5.74) is 8.90. The summed E-state index contributed by atoms with van der Waals surface area (Å²) in [4.78, 5) is 13.5. The molecule has 78 valence electrons. The van der Waals surface area contributed by atoms with Crippen LogP contribution in [-0.2, 0) is 0 Å². The molecular weight excluding hydrogens is 208 g/mol. The predicted octanol–water partition coefficient (Wildman–Crippen LogP) is 2.79. The van der Waals surface area contributed by atoms with Crippen molar-refractivity contribution in [2.75, 3.05) is 0 Å². The summed E-state index contributed by atoms with van der Waals surface area (Å²) in [5.74, 6) is -0.300. The average molecular weight is 214 g/mol. The van der Waals surface area contributed by atoms with Gasteiger partial charge < -0.3 is 4.52 Å². The number of rotatable bonds is 2. The lowest BCUT2D eigenvalue weighted by Gasteiger charge is -1.91. The number of hydrogen-bond acceptors (Lipinski definition) is 3. The van der Waals surface area contributed by atoms with Gasteiger partial charge >= 0.3 is 0 Å². The Morgan fingerprint density at radius 1 is 1.38 bits per heavy atom. The van der Waals surface area contributed by atoms with E-state index >= 15 is 0 Å². The second-order valence-corrected chi connectivity index (χ2v) is 2.94. The smallest absolute Gasteiger partial charge is 0.270 e. The van der Waals surface area contributed by atoms with Crippen LogP contribution in [0.5, 0.6) is 0 Å². The third-order valence-corrected chi connectivity index (χ3v) is 1.92. The Labute approximate surface area is 90.1 Å². The lowest BCUT2D eigenvalue weighted by molar-refractivity contribution is 0.0992. The van der Waals surface area contributed by atoms with Crippen molar-refractivity contribution in [2.24, 2.45) is 5.11 Å². The Hall–Kier alpha value is -2.59. The maximum Gasteiger partial charge on any atom is 0.270 e. The van der Waals surface area contributed by atoms with Crippen LogP contribution in [0.25, 0.3) is 21.8 Å². The topological polar surface area (TPSA) is 91.9 Å². The van der Waals surface area contributed by atoms with Gasteiger partial charge in [0.2, 0.25) is 0 Å². The summed E-state index contributed by atoms with van der Waals surface area (Å²) in [6.45, 7) is 0. The van der Waals surface area contributed by atoms with E-state index in [1.54, 1.807) is 0 Å². The molecule has 0 radical (unpaired) electrons. The van der Waals surface area contributed by atoms with Gasteiger partial charge in [0.15, 0.2) is 11.5 Å². The van der Waals surface area contributed by atoms with E-state index in [1.165, 1.54) is 6.07 Å². The van der Waals surface area contributed by atoms with E-state index in [4.69, 9.17) is 10.1 Å². The minimum absolute atomic E-state index is 0.00310. The second-order valence-electron chi connectivity index (χ2n) is 2.94. The minimum atomic E-state index is -0.756. The Bertz CT molecular complexity index is 555. The zero-order valence-corrected chi connectivity index (χ0v) is 8.07. The number of nitrogens with zero attached hydrogens (tertiary/aromatic N) is 4. The Morgan fingerprint density at radius 3 is 2.81 bits per heavy atom. The number of azide groups is 1. The van der Waals surface area contributed by atoms with Gasteiger partial charge in [0, 0.05) is 16.5 Å². The molecule has 0 aliphatic heterocycles. The first-order valence-corrected chi connectivity index (χ1v) is 4.43. The molecule has 0 spiro atoms. The molecule has 1 aromatic carbocycles. The first-order chi connectivity index (χ1) is 7.81. The molecule has 0 fully saturated rings. The van der Waals surface area contributed by atoms with E-state index in [0.29, 0.717) is 5.76 Å². The number of benzene rings is 1. The molecule has 6 nitrogen and oxygen atoms in total. The molecule has 0 N–H and O–H groups in total. The molecule has 0 unspecified atom stereocenters. The summed E-state index contributed by atoms with van der Waals surface area (Å²) < 4.78 is 4.96. The number of aromatic nitrogens is 1. The second kappa shape index (κ2) is 4.29. The van der Waals surface area contributed by atoms with Gasteiger partial charge in [0.25, 0.3) is 5.91 Å². The van der Waals surface area contributed by atoms with Gasteiger partial charge in [0.1, 0.15) is 0 Å². The molecule has 0 saturated carbocycles. The highest BCUT2D eigenvalue weighted by molar-refractivity contribution is 5.93. The summed E-state index contributed by atoms with van der Waals surface area (Å²) in [5, 5.41) is 6.44. The van der Waals surface area contributed by atoms with E-state index in [-0.39, 0.29) is 5.69 Å². The monoisotopic (exact) mass is 214 g/mol. The van der Waals surface area contributed by atoms with Crippen molar-refractivity contribution in [3.63, 3.8) is 0 Å². The molecule has 0 aliphatic rings. The van der Waals surface area contributed by atoms with Gasteiger partial charge in [-0.15, -0.1) is 0 Å². The highest BCUT2D eigenvalue weighted by Gasteiger charge is 2.11. The van der Waals surface area contributed by atoms with Crippen molar-refractivity contribution in [1.82, 2.24) is 5.16 Å². The summed E-state index contributed by atoms with van der Waals surface area (Å²) in [6.07, 6.45) is 0. The van der Waals surface area contributed by atoms with Gasteiger partial charge in [-0.3, -0.25) is 4.79 Å². The van der Waals surface area contributed by atoms with Crippen LogP contribution in [0.2, 0.25) is 0 Å². The number of carbonyl (C=O) groups excluding carboxylic acids is 1. The molecule has 0 bridgehead atoms.